The van der Waals surface area contributed by atoms with Gasteiger partial charge in [-0.1, -0.05) is 59.6 Å². The molecule has 1 saturated heterocycles. The minimum absolute atomic E-state index is 0.140. The van der Waals surface area contributed by atoms with Crippen molar-refractivity contribution in [1.82, 2.24) is 9.91 Å². The SMILES string of the molecule is O=C1CCC(=O)N1CC(=O)N1N=C(c2ccccc2)CC1c1ccc(Cl)c(Cl)c1. The third-order valence-electron chi connectivity index (χ3n) is 5.05. The van der Waals surface area contributed by atoms with Crippen molar-refractivity contribution in [3.8, 4) is 0 Å². The number of halogens is 2. The van der Waals surface area contributed by atoms with E-state index in [2.05, 4.69) is 5.10 Å². The molecule has 0 radical (unpaired) electrons. The number of benzene rings is 2. The van der Waals surface area contributed by atoms with Gasteiger partial charge in [-0.05, 0) is 23.3 Å². The zero-order valence-corrected chi connectivity index (χ0v) is 16.9. The molecule has 0 spiro atoms. The van der Waals surface area contributed by atoms with E-state index < -0.39 is 11.9 Å². The first-order valence-electron chi connectivity index (χ1n) is 9.17. The first-order valence-corrected chi connectivity index (χ1v) is 9.92. The average molecular weight is 430 g/mol. The van der Waals surface area contributed by atoms with Crippen LogP contribution in [0.3, 0.4) is 0 Å². The van der Waals surface area contributed by atoms with Crippen molar-refractivity contribution < 1.29 is 14.4 Å². The van der Waals surface area contributed by atoms with Crippen molar-refractivity contribution in [1.29, 1.82) is 0 Å². The lowest BCUT2D eigenvalue weighted by atomic mass is 9.98. The highest BCUT2D eigenvalue weighted by Crippen LogP contribution is 2.35. The number of carbonyl (C=O) groups excluding carboxylic acids is 3. The minimum atomic E-state index is -0.421. The van der Waals surface area contributed by atoms with E-state index in [0.29, 0.717) is 16.5 Å². The molecule has 4 rings (SSSR count). The summed E-state index contributed by atoms with van der Waals surface area (Å²) in [5.41, 5.74) is 2.43. The first-order chi connectivity index (χ1) is 13.9. The number of hydrogen-bond donors (Lipinski definition) is 0. The van der Waals surface area contributed by atoms with Crippen LogP contribution in [-0.4, -0.2) is 39.9 Å². The predicted molar refractivity (Wildman–Crippen MR) is 110 cm³/mol. The van der Waals surface area contributed by atoms with Crippen LogP contribution in [-0.2, 0) is 14.4 Å². The summed E-state index contributed by atoms with van der Waals surface area (Å²) in [4.78, 5) is 37.9. The van der Waals surface area contributed by atoms with E-state index in [4.69, 9.17) is 23.2 Å². The normalized spacial score (nSPS) is 19.1. The van der Waals surface area contributed by atoms with Crippen molar-refractivity contribution >= 4 is 46.6 Å². The van der Waals surface area contributed by atoms with Gasteiger partial charge in [0.2, 0.25) is 11.8 Å². The molecule has 0 aromatic heterocycles. The van der Waals surface area contributed by atoms with E-state index in [1.54, 1.807) is 18.2 Å². The molecule has 1 atom stereocenters. The summed E-state index contributed by atoms with van der Waals surface area (Å²) in [5.74, 6) is -1.09. The smallest absolute Gasteiger partial charge is 0.263 e. The Morgan fingerprint density at radius 3 is 2.34 bits per heavy atom. The molecule has 2 aliphatic heterocycles. The van der Waals surface area contributed by atoms with Crippen molar-refractivity contribution in [2.45, 2.75) is 25.3 Å². The van der Waals surface area contributed by atoms with E-state index in [0.717, 1.165) is 21.7 Å². The fourth-order valence-corrected chi connectivity index (χ4v) is 3.84. The number of nitrogens with zero attached hydrogens (tertiary/aromatic N) is 3. The Kier molecular flexibility index (Phi) is 5.39. The fourth-order valence-electron chi connectivity index (χ4n) is 3.53. The van der Waals surface area contributed by atoms with Gasteiger partial charge in [-0.15, -0.1) is 0 Å². The highest BCUT2D eigenvalue weighted by atomic mass is 35.5. The molecular weight excluding hydrogens is 413 g/mol. The predicted octanol–water partition coefficient (Wildman–Crippen LogP) is 3.82. The van der Waals surface area contributed by atoms with Gasteiger partial charge in [0, 0.05) is 19.3 Å². The largest absolute Gasteiger partial charge is 0.274 e. The van der Waals surface area contributed by atoms with Gasteiger partial charge < -0.3 is 0 Å². The monoisotopic (exact) mass is 429 g/mol. The zero-order valence-electron chi connectivity index (χ0n) is 15.3. The van der Waals surface area contributed by atoms with Crippen molar-refractivity contribution in [3.63, 3.8) is 0 Å². The van der Waals surface area contributed by atoms with E-state index in [-0.39, 0.29) is 31.2 Å². The van der Waals surface area contributed by atoms with Crippen LogP contribution in [0.2, 0.25) is 10.0 Å². The van der Waals surface area contributed by atoms with Gasteiger partial charge in [0.05, 0.1) is 21.8 Å². The molecule has 1 unspecified atom stereocenters. The third-order valence-corrected chi connectivity index (χ3v) is 5.79. The molecule has 0 aliphatic carbocycles. The molecule has 2 aromatic carbocycles. The fraction of sp³-hybridized carbons (Fsp3) is 0.238. The quantitative estimate of drug-likeness (QED) is 0.693. The second-order valence-corrected chi connectivity index (χ2v) is 7.73. The van der Waals surface area contributed by atoms with Gasteiger partial charge in [0.1, 0.15) is 6.54 Å². The molecule has 1 fully saturated rings. The van der Waals surface area contributed by atoms with Gasteiger partial charge in [-0.2, -0.15) is 5.10 Å². The Morgan fingerprint density at radius 1 is 1.00 bits per heavy atom. The number of hydrazone groups is 1. The number of hydrogen-bond acceptors (Lipinski definition) is 4. The summed E-state index contributed by atoms with van der Waals surface area (Å²) in [7, 11) is 0. The Hall–Kier alpha value is -2.70. The zero-order chi connectivity index (χ0) is 20.5. The van der Waals surface area contributed by atoms with Crippen LogP contribution in [0.25, 0.3) is 0 Å². The highest BCUT2D eigenvalue weighted by Gasteiger charge is 2.37. The second-order valence-electron chi connectivity index (χ2n) is 6.92. The van der Waals surface area contributed by atoms with Crippen LogP contribution < -0.4 is 0 Å². The molecular formula is C21H17Cl2N3O3. The minimum Gasteiger partial charge on any atom is -0.274 e. The molecule has 0 bridgehead atoms. The van der Waals surface area contributed by atoms with Crippen LogP contribution in [0.5, 0.6) is 0 Å². The Balaban J connectivity index is 1.66. The number of rotatable bonds is 4. The summed E-state index contributed by atoms with van der Waals surface area (Å²) in [6.45, 7) is -0.318. The average Bonchev–Trinajstić information content (AvgIpc) is 3.30. The molecule has 0 saturated carbocycles. The summed E-state index contributed by atoms with van der Waals surface area (Å²) >= 11 is 12.2. The van der Waals surface area contributed by atoms with E-state index >= 15 is 0 Å². The van der Waals surface area contributed by atoms with Gasteiger partial charge in [-0.3, -0.25) is 19.3 Å². The summed E-state index contributed by atoms with van der Waals surface area (Å²) in [6.07, 6.45) is 0.761. The first kappa shape index (κ1) is 19.6. The maximum absolute atomic E-state index is 13.0. The van der Waals surface area contributed by atoms with Crippen LogP contribution in [0.15, 0.2) is 53.6 Å². The number of carbonyl (C=O) groups is 3. The summed E-state index contributed by atoms with van der Waals surface area (Å²) < 4.78 is 0. The van der Waals surface area contributed by atoms with Gasteiger partial charge in [0.25, 0.3) is 5.91 Å². The summed E-state index contributed by atoms with van der Waals surface area (Å²) in [6, 6.07) is 14.3. The lowest BCUT2D eigenvalue weighted by molar-refractivity contribution is -0.146. The van der Waals surface area contributed by atoms with Crippen LogP contribution >= 0.6 is 23.2 Å². The van der Waals surface area contributed by atoms with Crippen molar-refractivity contribution in [2.24, 2.45) is 5.10 Å². The maximum Gasteiger partial charge on any atom is 0.263 e. The van der Waals surface area contributed by atoms with E-state index in [1.807, 2.05) is 30.3 Å². The molecule has 2 aromatic rings. The highest BCUT2D eigenvalue weighted by molar-refractivity contribution is 6.42. The molecule has 148 valence electrons. The van der Waals surface area contributed by atoms with Crippen LogP contribution in [0, 0.1) is 0 Å². The van der Waals surface area contributed by atoms with Crippen molar-refractivity contribution in [2.75, 3.05) is 6.54 Å². The van der Waals surface area contributed by atoms with Crippen molar-refractivity contribution in [3.05, 3.63) is 69.7 Å². The Morgan fingerprint density at radius 2 is 1.69 bits per heavy atom. The standard InChI is InChI=1S/C21H17Cl2N3O3/c22-15-7-6-14(10-16(15)23)18-11-17(13-4-2-1-3-5-13)24-26(18)21(29)12-25-19(27)8-9-20(25)28/h1-7,10,18H,8-9,11-12H2. The number of amides is 3. The van der Waals surface area contributed by atoms with Gasteiger partial charge >= 0.3 is 0 Å². The van der Waals surface area contributed by atoms with E-state index in [9.17, 15) is 14.4 Å². The third kappa shape index (κ3) is 3.91. The van der Waals surface area contributed by atoms with Gasteiger partial charge in [0.15, 0.2) is 0 Å². The van der Waals surface area contributed by atoms with Crippen LogP contribution in [0.1, 0.15) is 36.4 Å². The molecule has 29 heavy (non-hydrogen) atoms. The topological polar surface area (TPSA) is 70.1 Å². The Labute approximate surface area is 177 Å². The summed E-state index contributed by atoms with van der Waals surface area (Å²) in [5, 5.41) is 6.69. The van der Waals surface area contributed by atoms with Gasteiger partial charge in [-0.25, -0.2) is 5.01 Å². The molecule has 0 N–H and O–H groups in total. The lowest BCUT2D eigenvalue weighted by Gasteiger charge is -2.24. The van der Waals surface area contributed by atoms with E-state index in [1.165, 1.54) is 5.01 Å². The van der Waals surface area contributed by atoms with Crippen LogP contribution in [0.4, 0.5) is 0 Å². The molecule has 8 heteroatoms. The lowest BCUT2D eigenvalue weighted by Crippen LogP contribution is -2.40. The number of imide groups is 1. The molecule has 2 heterocycles. The number of likely N-dealkylation sites (tertiary alicyclic amines) is 1. The Bertz CT molecular complexity index is 1010. The molecule has 3 amide bonds. The maximum atomic E-state index is 13.0. The molecule has 6 nitrogen and oxygen atoms in total. The molecule has 2 aliphatic rings. The second kappa shape index (κ2) is 7.97.